The van der Waals surface area contributed by atoms with Crippen LogP contribution in [0.4, 0.5) is 11.6 Å². The fourth-order valence-electron chi connectivity index (χ4n) is 1.64. The van der Waals surface area contributed by atoms with Gasteiger partial charge in [0, 0.05) is 18.5 Å². The van der Waals surface area contributed by atoms with Gasteiger partial charge in [-0.05, 0) is 34.0 Å². The highest BCUT2D eigenvalue weighted by molar-refractivity contribution is 5.56. The molecule has 0 aliphatic carbocycles. The quantitative estimate of drug-likeness (QED) is 0.382. The molecule has 1 rings (SSSR count). The van der Waals surface area contributed by atoms with Crippen molar-refractivity contribution in [3.05, 3.63) is 11.4 Å². The summed E-state index contributed by atoms with van der Waals surface area (Å²) < 4.78 is 0. The maximum Gasteiger partial charge on any atom is 0.148 e. The molecule has 18 heavy (non-hydrogen) atoms. The van der Waals surface area contributed by atoms with E-state index in [-0.39, 0.29) is 0 Å². The number of aryl methyl sites for hydroxylation is 1. The van der Waals surface area contributed by atoms with Gasteiger partial charge in [0.25, 0.3) is 0 Å². The molecule has 0 aromatic carbocycles. The van der Waals surface area contributed by atoms with Crippen molar-refractivity contribution in [2.24, 2.45) is 5.84 Å². The molecule has 1 aromatic rings. The van der Waals surface area contributed by atoms with Crippen LogP contribution in [0.2, 0.25) is 0 Å². The van der Waals surface area contributed by atoms with Gasteiger partial charge in [-0.1, -0.05) is 6.92 Å². The SMILES string of the molecule is CCc1nc(NN)c(C)c(NCCCN(C)C)n1. The molecule has 0 bridgehead atoms. The highest BCUT2D eigenvalue weighted by Gasteiger charge is 2.08. The fourth-order valence-corrected chi connectivity index (χ4v) is 1.64. The topological polar surface area (TPSA) is 79.1 Å². The number of anilines is 2. The number of nitrogens with one attached hydrogen (secondary N) is 2. The van der Waals surface area contributed by atoms with Crippen LogP contribution in [-0.2, 0) is 6.42 Å². The van der Waals surface area contributed by atoms with Crippen LogP contribution >= 0.6 is 0 Å². The largest absolute Gasteiger partial charge is 0.370 e. The molecule has 0 amide bonds. The lowest BCUT2D eigenvalue weighted by Gasteiger charge is -2.14. The van der Waals surface area contributed by atoms with Gasteiger partial charge in [-0.3, -0.25) is 0 Å². The molecule has 0 aliphatic rings. The average molecular weight is 252 g/mol. The molecule has 6 heteroatoms. The molecule has 0 fully saturated rings. The second-order valence-corrected chi connectivity index (χ2v) is 4.54. The minimum absolute atomic E-state index is 0.692. The van der Waals surface area contributed by atoms with Crippen LogP contribution in [0, 0.1) is 6.92 Å². The van der Waals surface area contributed by atoms with Gasteiger partial charge in [-0.25, -0.2) is 15.8 Å². The third kappa shape index (κ3) is 4.12. The number of nitrogens with zero attached hydrogens (tertiary/aromatic N) is 3. The first-order chi connectivity index (χ1) is 8.58. The van der Waals surface area contributed by atoms with Crippen molar-refractivity contribution in [1.29, 1.82) is 0 Å². The van der Waals surface area contributed by atoms with Gasteiger partial charge < -0.3 is 15.6 Å². The van der Waals surface area contributed by atoms with Crippen molar-refractivity contribution in [2.45, 2.75) is 26.7 Å². The molecule has 0 atom stereocenters. The monoisotopic (exact) mass is 252 g/mol. The molecular weight excluding hydrogens is 228 g/mol. The van der Waals surface area contributed by atoms with Crippen LogP contribution in [0.1, 0.15) is 24.7 Å². The summed E-state index contributed by atoms with van der Waals surface area (Å²) in [6, 6.07) is 0. The van der Waals surface area contributed by atoms with Crippen LogP contribution in [0.25, 0.3) is 0 Å². The summed E-state index contributed by atoms with van der Waals surface area (Å²) >= 11 is 0. The highest BCUT2D eigenvalue weighted by Crippen LogP contribution is 2.19. The summed E-state index contributed by atoms with van der Waals surface area (Å²) in [5, 5.41) is 3.34. The maximum atomic E-state index is 5.46. The summed E-state index contributed by atoms with van der Waals surface area (Å²) in [5.41, 5.74) is 3.58. The Hall–Kier alpha value is -1.40. The highest BCUT2D eigenvalue weighted by atomic mass is 15.3. The minimum Gasteiger partial charge on any atom is -0.370 e. The van der Waals surface area contributed by atoms with Gasteiger partial charge in [0.1, 0.15) is 17.5 Å². The lowest BCUT2D eigenvalue weighted by Crippen LogP contribution is -2.18. The molecule has 4 N–H and O–H groups in total. The summed E-state index contributed by atoms with van der Waals surface area (Å²) in [5.74, 6) is 7.82. The van der Waals surface area contributed by atoms with Crippen LogP contribution in [-0.4, -0.2) is 42.1 Å². The zero-order valence-corrected chi connectivity index (χ0v) is 11.7. The van der Waals surface area contributed by atoms with Crippen molar-refractivity contribution in [1.82, 2.24) is 14.9 Å². The molecule has 0 spiro atoms. The van der Waals surface area contributed by atoms with Crippen LogP contribution in [0.3, 0.4) is 0 Å². The van der Waals surface area contributed by atoms with Gasteiger partial charge in [0.05, 0.1) is 0 Å². The molecule has 0 unspecified atom stereocenters. The first-order valence-electron chi connectivity index (χ1n) is 6.31. The van der Waals surface area contributed by atoms with Gasteiger partial charge in [0.2, 0.25) is 0 Å². The van der Waals surface area contributed by atoms with Crippen molar-refractivity contribution in [2.75, 3.05) is 37.9 Å². The van der Waals surface area contributed by atoms with Gasteiger partial charge in [-0.2, -0.15) is 0 Å². The van der Waals surface area contributed by atoms with E-state index in [1.54, 1.807) is 0 Å². The van der Waals surface area contributed by atoms with E-state index in [1.807, 2.05) is 13.8 Å². The average Bonchev–Trinajstić information content (AvgIpc) is 2.36. The Bertz CT molecular complexity index is 377. The van der Waals surface area contributed by atoms with Crippen LogP contribution in [0.5, 0.6) is 0 Å². The number of rotatable bonds is 7. The molecule has 1 heterocycles. The van der Waals surface area contributed by atoms with E-state index in [2.05, 4.69) is 39.7 Å². The van der Waals surface area contributed by atoms with E-state index < -0.39 is 0 Å². The Morgan fingerprint density at radius 1 is 1.22 bits per heavy atom. The second-order valence-electron chi connectivity index (χ2n) is 4.54. The lowest BCUT2D eigenvalue weighted by molar-refractivity contribution is 0.405. The van der Waals surface area contributed by atoms with E-state index in [0.29, 0.717) is 5.82 Å². The third-order valence-electron chi connectivity index (χ3n) is 2.72. The number of nitrogens with two attached hydrogens (primary N) is 1. The summed E-state index contributed by atoms with van der Waals surface area (Å²) in [4.78, 5) is 11.0. The van der Waals surface area contributed by atoms with Gasteiger partial charge >= 0.3 is 0 Å². The Kier molecular flexibility index (Phi) is 5.80. The predicted octanol–water partition coefficient (Wildman–Crippen LogP) is 0.997. The number of hydrogen-bond acceptors (Lipinski definition) is 6. The van der Waals surface area contributed by atoms with E-state index in [0.717, 1.165) is 43.1 Å². The molecule has 0 saturated carbocycles. The van der Waals surface area contributed by atoms with Crippen LogP contribution < -0.4 is 16.6 Å². The Morgan fingerprint density at radius 2 is 1.89 bits per heavy atom. The van der Waals surface area contributed by atoms with Crippen LogP contribution in [0.15, 0.2) is 0 Å². The summed E-state index contributed by atoms with van der Waals surface area (Å²) in [6.45, 7) is 5.94. The number of nitrogen functional groups attached to an aromatic ring is 1. The molecular formula is C12H24N6. The first kappa shape index (κ1) is 14.7. The molecule has 1 aromatic heterocycles. The third-order valence-corrected chi connectivity index (χ3v) is 2.72. The van der Waals surface area contributed by atoms with E-state index in [4.69, 9.17) is 5.84 Å². The normalized spacial score (nSPS) is 10.8. The van der Waals surface area contributed by atoms with Gasteiger partial charge in [-0.15, -0.1) is 0 Å². The Balaban J connectivity index is 2.68. The van der Waals surface area contributed by atoms with Crippen molar-refractivity contribution in [3.8, 4) is 0 Å². The molecule has 6 nitrogen and oxygen atoms in total. The maximum absolute atomic E-state index is 5.46. The van der Waals surface area contributed by atoms with Crippen molar-refractivity contribution in [3.63, 3.8) is 0 Å². The van der Waals surface area contributed by atoms with E-state index >= 15 is 0 Å². The number of aromatic nitrogens is 2. The van der Waals surface area contributed by atoms with Crippen molar-refractivity contribution < 1.29 is 0 Å². The smallest absolute Gasteiger partial charge is 0.148 e. The predicted molar refractivity (Wildman–Crippen MR) is 75.6 cm³/mol. The Labute approximate surface area is 109 Å². The summed E-state index contributed by atoms with van der Waals surface area (Å²) in [7, 11) is 4.14. The van der Waals surface area contributed by atoms with Gasteiger partial charge in [0.15, 0.2) is 0 Å². The number of hydrogen-bond donors (Lipinski definition) is 3. The minimum atomic E-state index is 0.692. The van der Waals surface area contributed by atoms with Crippen molar-refractivity contribution >= 4 is 11.6 Å². The molecule has 0 radical (unpaired) electrons. The molecule has 0 aliphatic heterocycles. The van der Waals surface area contributed by atoms with E-state index in [9.17, 15) is 0 Å². The Morgan fingerprint density at radius 3 is 2.44 bits per heavy atom. The summed E-state index contributed by atoms with van der Waals surface area (Å²) in [6.07, 6.45) is 1.87. The first-order valence-corrected chi connectivity index (χ1v) is 6.31. The lowest BCUT2D eigenvalue weighted by atomic mass is 10.3. The standard InChI is InChI=1S/C12H24N6/c1-5-10-15-11(9(2)12(16-10)17-13)14-7-6-8-18(3)4/h5-8,13H2,1-4H3,(H2,14,15,16,17). The zero-order chi connectivity index (χ0) is 13.5. The number of hydrazine groups is 1. The second kappa shape index (κ2) is 7.13. The van der Waals surface area contributed by atoms with E-state index in [1.165, 1.54) is 0 Å². The molecule has 102 valence electrons. The zero-order valence-electron chi connectivity index (χ0n) is 11.7. The molecule has 0 saturated heterocycles. The fraction of sp³-hybridized carbons (Fsp3) is 0.667.